The molecule has 2 aromatic carbocycles. The molecule has 1 amide bonds. The van der Waals surface area contributed by atoms with Crippen molar-refractivity contribution in [1.29, 1.82) is 0 Å². The molecule has 0 aliphatic carbocycles. The Kier molecular flexibility index (Phi) is 5.06. The van der Waals surface area contributed by atoms with Crippen LogP contribution in [0.15, 0.2) is 48.5 Å². The molecule has 0 aromatic heterocycles. The zero-order valence-corrected chi connectivity index (χ0v) is 12.0. The van der Waals surface area contributed by atoms with Crippen LogP contribution in [0.25, 0.3) is 0 Å². The number of rotatable bonds is 5. The van der Waals surface area contributed by atoms with Gasteiger partial charge >= 0.3 is 0 Å². The molecule has 0 fully saturated rings. The second-order valence-electron chi connectivity index (χ2n) is 4.99. The van der Waals surface area contributed by atoms with Crippen molar-refractivity contribution in [1.82, 2.24) is 5.32 Å². The zero-order valence-electron chi connectivity index (χ0n) is 12.0. The molecule has 1 atom stereocenters. The third kappa shape index (κ3) is 4.13. The number of benzene rings is 2. The maximum atomic E-state index is 12.9. The summed E-state index contributed by atoms with van der Waals surface area (Å²) in [4.78, 5) is 12.1. The SMILES string of the molecule is C[C@H](NC(=O)Cc1ccccc1CN)c1ccc(F)cc1. The van der Waals surface area contributed by atoms with Crippen LogP contribution in [-0.2, 0) is 17.8 Å². The Labute approximate surface area is 124 Å². The van der Waals surface area contributed by atoms with Crippen molar-refractivity contribution in [2.45, 2.75) is 25.9 Å². The molecule has 0 aliphatic rings. The van der Waals surface area contributed by atoms with Crippen LogP contribution >= 0.6 is 0 Å². The maximum Gasteiger partial charge on any atom is 0.224 e. The van der Waals surface area contributed by atoms with Crippen LogP contribution in [0.4, 0.5) is 4.39 Å². The van der Waals surface area contributed by atoms with E-state index < -0.39 is 0 Å². The van der Waals surface area contributed by atoms with Crippen molar-refractivity contribution in [2.75, 3.05) is 0 Å². The molecule has 2 aromatic rings. The second-order valence-corrected chi connectivity index (χ2v) is 4.99. The van der Waals surface area contributed by atoms with E-state index in [1.807, 2.05) is 31.2 Å². The van der Waals surface area contributed by atoms with E-state index >= 15 is 0 Å². The highest BCUT2D eigenvalue weighted by Gasteiger charge is 2.11. The van der Waals surface area contributed by atoms with E-state index in [0.717, 1.165) is 16.7 Å². The molecule has 0 saturated carbocycles. The van der Waals surface area contributed by atoms with Gasteiger partial charge in [0, 0.05) is 6.54 Å². The minimum Gasteiger partial charge on any atom is -0.349 e. The third-order valence-corrected chi connectivity index (χ3v) is 3.44. The van der Waals surface area contributed by atoms with Crippen molar-refractivity contribution in [3.8, 4) is 0 Å². The highest BCUT2D eigenvalue weighted by Crippen LogP contribution is 2.14. The molecule has 0 heterocycles. The summed E-state index contributed by atoms with van der Waals surface area (Å²) in [6, 6.07) is 13.6. The quantitative estimate of drug-likeness (QED) is 0.888. The molecule has 110 valence electrons. The first-order valence-electron chi connectivity index (χ1n) is 6.92. The Morgan fingerprint density at radius 3 is 2.38 bits per heavy atom. The predicted octanol–water partition coefficient (Wildman–Crippen LogP) is 2.70. The van der Waals surface area contributed by atoms with Crippen LogP contribution < -0.4 is 11.1 Å². The summed E-state index contributed by atoms with van der Waals surface area (Å²) < 4.78 is 12.9. The molecule has 3 nitrogen and oxygen atoms in total. The molecular weight excluding hydrogens is 267 g/mol. The first-order chi connectivity index (χ1) is 10.1. The van der Waals surface area contributed by atoms with Gasteiger partial charge in [-0.25, -0.2) is 4.39 Å². The summed E-state index contributed by atoms with van der Waals surface area (Å²) in [7, 11) is 0. The summed E-state index contributed by atoms with van der Waals surface area (Å²) in [5, 5.41) is 2.91. The smallest absolute Gasteiger partial charge is 0.224 e. The van der Waals surface area contributed by atoms with Gasteiger partial charge in [-0.3, -0.25) is 4.79 Å². The average molecular weight is 286 g/mol. The van der Waals surface area contributed by atoms with Crippen LogP contribution in [0.3, 0.4) is 0 Å². The van der Waals surface area contributed by atoms with Gasteiger partial charge in [-0.05, 0) is 35.7 Å². The predicted molar refractivity (Wildman–Crippen MR) is 81.0 cm³/mol. The number of amides is 1. The first kappa shape index (κ1) is 15.2. The molecule has 3 N–H and O–H groups in total. The van der Waals surface area contributed by atoms with E-state index in [0.29, 0.717) is 13.0 Å². The van der Waals surface area contributed by atoms with E-state index in [-0.39, 0.29) is 17.8 Å². The zero-order chi connectivity index (χ0) is 15.2. The fraction of sp³-hybridized carbons (Fsp3) is 0.235. The van der Waals surface area contributed by atoms with Gasteiger partial charge in [-0.2, -0.15) is 0 Å². The minimum atomic E-state index is -0.283. The van der Waals surface area contributed by atoms with Crippen LogP contribution in [0.1, 0.15) is 29.7 Å². The lowest BCUT2D eigenvalue weighted by Crippen LogP contribution is -2.28. The molecule has 21 heavy (non-hydrogen) atoms. The lowest BCUT2D eigenvalue weighted by atomic mass is 10.0. The van der Waals surface area contributed by atoms with E-state index in [1.54, 1.807) is 12.1 Å². The number of carbonyl (C=O) groups is 1. The van der Waals surface area contributed by atoms with Crippen LogP contribution in [-0.4, -0.2) is 5.91 Å². The third-order valence-electron chi connectivity index (χ3n) is 3.44. The topological polar surface area (TPSA) is 55.1 Å². The van der Waals surface area contributed by atoms with Gasteiger partial charge in [-0.15, -0.1) is 0 Å². The first-order valence-corrected chi connectivity index (χ1v) is 6.92. The minimum absolute atomic E-state index is 0.0762. The Bertz CT molecular complexity index is 610. The normalized spacial score (nSPS) is 12.0. The molecule has 0 saturated heterocycles. The number of nitrogens with one attached hydrogen (secondary N) is 1. The molecule has 0 bridgehead atoms. The van der Waals surface area contributed by atoms with Gasteiger partial charge in [-0.1, -0.05) is 36.4 Å². The van der Waals surface area contributed by atoms with Gasteiger partial charge in [0.25, 0.3) is 0 Å². The number of nitrogens with two attached hydrogens (primary N) is 1. The van der Waals surface area contributed by atoms with Crippen molar-refractivity contribution in [2.24, 2.45) is 5.73 Å². The monoisotopic (exact) mass is 286 g/mol. The molecule has 0 aliphatic heterocycles. The highest BCUT2D eigenvalue weighted by molar-refractivity contribution is 5.79. The standard InChI is InChI=1S/C17H19FN2O/c1-12(13-6-8-16(18)9-7-13)20-17(21)10-14-4-2-3-5-15(14)11-19/h2-9,12H,10-11,19H2,1H3,(H,20,21)/t12-/m0/s1. The fourth-order valence-corrected chi connectivity index (χ4v) is 2.23. The number of halogens is 1. The maximum absolute atomic E-state index is 12.9. The summed E-state index contributed by atoms with van der Waals surface area (Å²) in [5.74, 6) is -0.359. The number of hydrogen-bond acceptors (Lipinski definition) is 2. The van der Waals surface area contributed by atoms with E-state index in [2.05, 4.69) is 5.32 Å². The van der Waals surface area contributed by atoms with Crippen LogP contribution in [0.5, 0.6) is 0 Å². The lowest BCUT2D eigenvalue weighted by molar-refractivity contribution is -0.121. The molecule has 0 radical (unpaired) electrons. The van der Waals surface area contributed by atoms with Gasteiger partial charge in [0.05, 0.1) is 12.5 Å². The molecule has 0 unspecified atom stereocenters. The Balaban J connectivity index is 1.99. The van der Waals surface area contributed by atoms with Crippen molar-refractivity contribution in [3.63, 3.8) is 0 Å². The number of hydrogen-bond donors (Lipinski definition) is 2. The molecular formula is C17H19FN2O. The van der Waals surface area contributed by atoms with Crippen LogP contribution in [0.2, 0.25) is 0 Å². The fourth-order valence-electron chi connectivity index (χ4n) is 2.23. The summed E-state index contributed by atoms with van der Waals surface area (Å²) in [6.07, 6.45) is 0.291. The molecule has 0 spiro atoms. The van der Waals surface area contributed by atoms with Crippen LogP contribution in [0, 0.1) is 5.82 Å². The van der Waals surface area contributed by atoms with E-state index in [9.17, 15) is 9.18 Å². The summed E-state index contributed by atoms with van der Waals surface area (Å²) >= 11 is 0. The Hall–Kier alpha value is -2.20. The van der Waals surface area contributed by atoms with Gasteiger partial charge in [0.1, 0.15) is 5.82 Å². The summed E-state index contributed by atoms with van der Waals surface area (Å²) in [6.45, 7) is 2.29. The van der Waals surface area contributed by atoms with Crippen molar-refractivity contribution < 1.29 is 9.18 Å². The largest absolute Gasteiger partial charge is 0.349 e. The highest BCUT2D eigenvalue weighted by atomic mass is 19.1. The van der Waals surface area contributed by atoms with Crippen molar-refractivity contribution >= 4 is 5.91 Å². The van der Waals surface area contributed by atoms with Gasteiger partial charge in [0.2, 0.25) is 5.91 Å². The van der Waals surface area contributed by atoms with E-state index in [1.165, 1.54) is 12.1 Å². The molecule has 4 heteroatoms. The molecule has 2 rings (SSSR count). The lowest BCUT2D eigenvalue weighted by Gasteiger charge is -2.15. The average Bonchev–Trinajstić information content (AvgIpc) is 2.48. The van der Waals surface area contributed by atoms with Gasteiger partial charge < -0.3 is 11.1 Å². The Morgan fingerprint density at radius 2 is 1.76 bits per heavy atom. The number of carbonyl (C=O) groups excluding carboxylic acids is 1. The van der Waals surface area contributed by atoms with E-state index in [4.69, 9.17) is 5.73 Å². The van der Waals surface area contributed by atoms with Crippen molar-refractivity contribution in [3.05, 3.63) is 71.0 Å². The second kappa shape index (κ2) is 6.99. The Morgan fingerprint density at radius 1 is 1.14 bits per heavy atom. The summed E-state index contributed by atoms with van der Waals surface area (Å²) in [5.41, 5.74) is 8.45. The van der Waals surface area contributed by atoms with Gasteiger partial charge in [0.15, 0.2) is 0 Å².